The van der Waals surface area contributed by atoms with Crippen molar-refractivity contribution in [2.24, 2.45) is 5.73 Å². The molecule has 0 spiro atoms. The molecule has 0 aliphatic carbocycles. The molecule has 0 aromatic carbocycles. The SMILES string of the molecule is CC(N)c1nnc(-c2ccc(=O)[nH]n2)s1. The van der Waals surface area contributed by atoms with Gasteiger partial charge < -0.3 is 5.73 Å². The minimum atomic E-state index is -0.240. The zero-order valence-electron chi connectivity index (χ0n) is 7.97. The fraction of sp³-hybridized carbons (Fsp3) is 0.250. The average Bonchev–Trinajstić information content (AvgIpc) is 2.68. The molecule has 0 aliphatic heterocycles. The van der Waals surface area contributed by atoms with Crippen LogP contribution in [0.5, 0.6) is 0 Å². The number of hydrogen-bond acceptors (Lipinski definition) is 6. The molecule has 0 bridgehead atoms. The van der Waals surface area contributed by atoms with Gasteiger partial charge in [-0.25, -0.2) is 5.10 Å². The number of aromatic amines is 1. The Kier molecular flexibility index (Phi) is 2.57. The number of nitrogens with zero attached hydrogens (tertiary/aromatic N) is 3. The van der Waals surface area contributed by atoms with E-state index in [1.165, 1.54) is 17.4 Å². The number of aromatic nitrogens is 4. The molecule has 0 saturated carbocycles. The van der Waals surface area contributed by atoms with Gasteiger partial charge in [0.15, 0.2) is 5.01 Å². The van der Waals surface area contributed by atoms with Crippen molar-refractivity contribution in [3.05, 3.63) is 27.5 Å². The molecule has 15 heavy (non-hydrogen) atoms. The third-order valence-corrected chi connectivity index (χ3v) is 2.88. The molecule has 2 aromatic heterocycles. The summed E-state index contributed by atoms with van der Waals surface area (Å²) < 4.78 is 0. The molecule has 0 aliphatic rings. The van der Waals surface area contributed by atoms with E-state index in [-0.39, 0.29) is 11.6 Å². The molecule has 3 N–H and O–H groups in total. The maximum atomic E-state index is 10.8. The van der Waals surface area contributed by atoms with Gasteiger partial charge in [-0.1, -0.05) is 11.3 Å². The van der Waals surface area contributed by atoms with Gasteiger partial charge in [-0.3, -0.25) is 4.79 Å². The summed E-state index contributed by atoms with van der Waals surface area (Å²) in [4.78, 5) is 10.8. The van der Waals surface area contributed by atoms with Crippen molar-refractivity contribution in [1.29, 1.82) is 0 Å². The molecular weight excluding hydrogens is 214 g/mol. The van der Waals surface area contributed by atoms with Crippen molar-refractivity contribution >= 4 is 11.3 Å². The summed E-state index contributed by atoms with van der Waals surface area (Å²) in [6, 6.07) is 2.86. The number of H-pyrrole nitrogens is 1. The van der Waals surface area contributed by atoms with Crippen molar-refractivity contribution in [2.45, 2.75) is 13.0 Å². The zero-order valence-corrected chi connectivity index (χ0v) is 8.78. The van der Waals surface area contributed by atoms with Gasteiger partial charge >= 0.3 is 0 Å². The number of nitrogens with two attached hydrogens (primary N) is 1. The van der Waals surface area contributed by atoms with Gasteiger partial charge in [0.05, 0.1) is 6.04 Å². The summed E-state index contributed by atoms with van der Waals surface area (Å²) in [6.07, 6.45) is 0. The van der Waals surface area contributed by atoms with E-state index in [9.17, 15) is 4.79 Å². The molecule has 2 rings (SSSR count). The monoisotopic (exact) mass is 223 g/mol. The normalized spacial score (nSPS) is 12.7. The third kappa shape index (κ3) is 2.08. The van der Waals surface area contributed by atoms with E-state index in [1.54, 1.807) is 6.07 Å². The molecule has 0 radical (unpaired) electrons. The second kappa shape index (κ2) is 3.87. The van der Waals surface area contributed by atoms with Crippen LogP contribution in [0.3, 0.4) is 0 Å². The van der Waals surface area contributed by atoms with Crippen LogP contribution >= 0.6 is 11.3 Å². The Balaban J connectivity index is 2.37. The predicted octanol–water partition coefficient (Wildman–Crippen LogP) is 0.308. The molecule has 0 amide bonds. The van der Waals surface area contributed by atoms with E-state index in [0.29, 0.717) is 10.7 Å². The fourth-order valence-electron chi connectivity index (χ4n) is 0.986. The molecule has 2 aromatic rings. The highest BCUT2D eigenvalue weighted by Crippen LogP contribution is 2.23. The fourth-order valence-corrected chi connectivity index (χ4v) is 1.75. The first-order chi connectivity index (χ1) is 7.16. The van der Waals surface area contributed by atoms with E-state index in [0.717, 1.165) is 5.01 Å². The molecule has 0 fully saturated rings. The van der Waals surface area contributed by atoms with Crippen LogP contribution in [0.25, 0.3) is 10.7 Å². The first kappa shape index (κ1) is 9.94. The van der Waals surface area contributed by atoms with Crippen LogP contribution in [0.15, 0.2) is 16.9 Å². The summed E-state index contributed by atoms with van der Waals surface area (Å²) in [5, 5.41) is 15.5. The molecule has 1 atom stereocenters. The van der Waals surface area contributed by atoms with Crippen LogP contribution in [0.1, 0.15) is 18.0 Å². The highest BCUT2D eigenvalue weighted by atomic mass is 32.1. The zero-order chi connectivity index (χ0) is 10.8. The van der Waals surface area contributed by atoms with Crippen LogP contribution in [-0.2, 0) is 0 Å². The van der Waals surface area contributed by atoms with Crippen LogP contribution in [-0.4, -0.2) is 20.4 Å². The Morgan fingerprint density at radius 3 is 2.80 bits per heavy atom. The molecular formula is C8H9N5OS. The standard InChI is InChI=1S/C8H9N5OS/c1-4(9)7-12-13-8(15-7)5-2-3-6(14)11-10-5/h2-4H,9H2,1H3,(H,11,14). The van der Waals surface area contributed by atoms with Crippen molar-refractivity contribution in [3.8, 4) is 10.7 Å². The highest BCUT2D eigenvalue weighted by molar-refractivity contribution is 7.14. The summed E-state index contributed by atoms with van der Waals surface area (Å²) in [5.41, 5.74) is 6.02. The van der Waals surface area contributed by atoms with Gasteiger partial charge in [-0.15, -0.1) is 10.2 Å². The second-order valence-electron chi connectivity index (χ2n) is 3.04. The van der Waals surface area contributed by atoms with Crippen molar-refractivity contribution in [1.82, 2.24) is 20.4 Å². The minimum absolute atomic E-state index is 0.140. The Labute approximate surface area is 89.2 Å². The minimum Gasteiger partial charge on any atom is -0.322 e. The smallest absolute Gasteiger partial charge is 0.264 e. The third-order valence-electron chi connectivity index (χ3n) is 1.73. The van der Waals surface area contributed by atoms with Crippen molar-refractivity contribution in [2.75, 3.05) is 0 Å². The van der Waals surface area contributed by atoms with E-state index in [2.05, 4.69) is 20.4 Å². The van der Waals surface area contributed by atoms with Crippen LogP contribution < -0.4 is 11.3 Å². The lowest BCUT2D eigenvalue weighted by Crippen LogP contribution is -2.05. The van der Waals surface area contributed by atoms with Gasteiger partial charge in [-0.2, -0.15) is 5.10 Å². The van der Waals surface area contributed by atoms with Gasteiger partial charge in [-0.05, 0) is 13.0 Å². The first-order valence-corrected chi connectivity index (χ1v) is 5.13. The Bertz CT molecular complexity index is 497. The molecule has 2 heterocycles. The Morgan fingerprint density at radius 2 is 2.27 bits per heavy atom. The van der Waals surface area contributed by atoms with Gasteiger partial charge in [0.2, 0.25) is 0 Å². The number of hydrogen-bond donors (Lipinski definition) is 2. The molecule has 78 valence electrons. The first-order valence-electron chi connectivity index (χ1n) is 4.32. The molecule has 1 unspecified atom stereocenters. The van der Waals surface area contributed by atoms with Gasteiger partial charge in [0, 0.05) is 6.07 Å². The lowest BCUT2D eigenvalue weighted by molar-refractivity contribution is 0.786. The molecule has 7 heteroatoms. The van der Waals surface area contributed by atoms with E-state index < -0.39 is 0 Å². The second-order valence-corrected chi connectivity index (χ2v) is 4.05. The summed E-state index contributed by atoms with van der Waals surface area (Å²) in [5.74, 6) is 0. The van der Waals surface area contributed by atoms with Crippen LogP contribution in [0, 0.1) is 0 Å². The quantitative estimate of drug-likeness (QED) is 0.763. The highest BCUT2D eigenvalue weighted by Gasteiger charge is 2.10. The lowest BCUT2D eigenvalue weighted by Gasteiger charge is -1.94. The average molecular weight is 223 g/mol. The van der Waals surface area contributed by atoms with E-state index in [1.807, 2.05) is 6.92 Å². The van der Waals surface area contributed by atoms with Crippen molar-refractivity contribution < 1.29 is 0 Å². The van der Waals surface area contributed by atoms with Gasteiger partial charge in [0.25, 0.3) is 5.56 Å². The van der Waals surface area contributed by atoms with Crippen molar-refractivity contribution in [3.63, 3.8) is 0 Å². The predicted molar refractivity (Wildman–Crippen MR) is 56.4 cm³/mol. The van der Waals surface area contributed by atoms with Crippen LogP contribution in [0.4, 0.5) is 0 Å². The summed E-state index contributed by atoms with van der Waals surface area (Å²) in [7, 11) is 0. The number of nitrogens with one attached hydrogen (secondary N) is 1. The Hall–Kier alpha value is -1.60. The maximum Gasteiger partial charge on any atom is 0.264 e. The van der Waals surface area contributed by atoms with E-state index in [4.69, 9.17) is 5.73 Å². The lowest BCUT2D eigenvalue weighted by atomic mass is 10.4. The summed E-state index contributed by atoms with van der Waals surface area (Å²) >= 11 is 1.37. The largest absolute Gasteiger partial charge is 0.322 e. The molecule has 6 nitrogen and oxygen atoms in total. The van der Waals surface area contributed by atoms with Crippen LogP contribution in [0.2, 0.25) is 0 Å². The topological polar surface area (TPSA) is 97.5 Å². The van der Waals surface area contributed by atoms with E-state index >= 15 is 0 Å². The summed E-state index contributed by atoms with van der Waals surface area (Å²) in [6.45, 7) is 1.84. The van der Waals surface area contributed by atoms with Gasteiger partial charge in [0.1, 0.15) is 10.7 Å². The molecule has 0 saturated heterocycles. The number of rotatable bonds is 2. The Morgan fingerprint density at radius 1 is 1.47 bits per heavy atom. The maximum absolute atomic E-state index is 10.8.